The summed E-state index contributed by atoms with van der Waals surface area (Å²) in [6, 6.07) is 11.4. The highest BCUT2D eigenvalue weighted by Crippen LogP contribution is 2.29. The van der Waals surface area contributed by atoms with Crippen LogP contribution in [0.1, 0.15) is 26.3 Å². The van der Waals surface area contributed by atoms with E-state index < -0.39 is 23.3 Å². The van der Waals surface area contributed by atoms with Crippen molar-refractivity contribution in [1.29, 1.82) is 0 Å². The fraction of sp³-hybridized carbons (Fsp3) is 0.0667. The van der Waals surface area contributed by atoms with E-state index in [-0.39, 0.29) is 28.1 Å². The molecule has 2 rings (SSSR count). The average Bonchev–Trinajstić information content (AvgIpc) is 2.46. The van der Waals surface area contributed by atoms with Gasteiger partial charge in [-0.15, -0.1) is 0 Å². The Balaban J connectivity index is 0.00000220. The van der Waals surface area contributed by atoms with Crippen LogP contribution < -0.4 is 17.0 Å². The van der Waals surface area contributed by atoms with E-state index in [0.29, 0.717) is 0 Å². The minimum absolute atomic E-state index is 0. The van der Waals surface area contributed by atoms with Gasteiger partial charge >= 0.3 is 6.18 Å². The lowest BCUT2D eigenvalue weighted by Gasteiger charge is -2.06. The van der Waals surface area contributed by atoms with Crippen LogP contribution in [-0.2, 0) is 6.18 Å². The summed E-state index contributed by atoms with van der Waals surface area (Å²) >= 11 is 0. The third-order valence-corrected chi connectivity index (χ3v) is 2.72. The molecule has 2 nitrogen and oxygen atoms in total. The average molecular weight is 358 g/mol. The zero-order valence-corrected chi connectivity index (χ0v) is 12.1. The van der Waals surface area contributed by atoms with Gasteiger partial charge in [0.15, 0.2) is 0 Å². The van der Waals surface area contributed by atoms with Crippen LogP contribution in [0.4, 0.5) is 13.2 Å². The lowest BCUT2D eigenvalue weighted by Crippen LogP contribution is -3.00. The van der Waals surface area contributed by atoms with Crippen LogP contribution in [0.5, 0.6) is 0 Å². The SMILES string of the molecule is O=C(C(=O)c1ccc(C(F)(F)F)cc1)c1ccccc1.[Br-]. The minimum atomic E-state index is -4.47. The molecule has 0 aliphatic carbocycles. The predicted octanol–water partition coefficient (Wildman–Crippen LogP) is 0.775. The first kappa shape index (κ1) is 17.1. The molecule has 0 N–H and O–H groups in total. The summed E-state index contributed by atoms with van der Waals surface area (Å²) in [4.78, 5) is 23.7. The van der Waals surface area contributed by atoms with Crippen molar-refractivity contribution in [2.45, 2.75) is 6.18 Å². The quantitative estimate of drug-likeness (QED) is 0.600. The summed E-state index contributed by atoms with van der Waals surface area (Å²) in [5.74, 6) is -1.57. The Morgan fingerprint density at radius 1 is 0.714 bits per heavy atom. The summed E-state index contributed by atoms with van der Waals surface area (Å²) in [6.45, 7) is 0. The molecule has 21 heavy (non-hydrogen) atoms. The summed E-state index contributed by atoms with van der Waals surface area (Å²) in [5, 5.41) is 0. The van der Waals surface area contributed by atoms with E-state index >= 15 is 0 Å². The van der Waals surface area contributed by atoms with Gasteiger partial charge < -0.3 is 17.0 Å². The van der Waals surface area contributed by atoms with Crippen molar-refractivity contribution in [2.24, 2.45) is 0 Å². The highest BCUT2D eigenvalue weighted by atomic mass is 79.9. The van der Waals surface area contributed by atoms with Crippen molar-refractivity contribution in [3.8, 4) is 0 Å². The van der Waals surface area contributed by atoms with Gasteiger partial charge in [-0.2, -0.15) is 13.2 Å². The number of benzene rings is 2. The number of hydrogen-bond donors (Lipinski definition) is 0. The molecule has 0 heterocycles. The zero-order valence-electron chi connectivity index (χ0n) is 10.5. The first-order valence-electron chi connectivity index (χ1n) is 5.71. The fourth-order valence-corrected chi connectivity index (χ4v) is 1.66. The van der Waals surface area contributed by atoms with Gasteiger partial charge in [-0.25, -0.2) is 0 Å². The summed E-state index contributed by atoms with van der Waals surface area (Å²) in [5.41, 5.74) is -0.717. The molecule has 0 bridgehead atoms. The Kier molecular flexibility index (Phi) is 5.43. The van der Waals surface area contributed by atoms with E-state index in [9.17, 15) is 22.8 Å². The van der Waals surface area contributed by atoms with Gasteiger partial charge in [-0.1, -0.05) is 42.5 Å². The lowest BCUT2D eigenvalue weighted by atomic mass is 10.0. The summed E-state index contributed by atoms with van der Waals surface area (Å²) in [6.07, 6.45) is -4.47. The summed E-state index contributed by atoms with van der Waals surface area (Å²) < 4.78 is 37.2. The van der Waals surface area contributed by atoms with Crippen LogP contribution >= 0.6 is 0 Å². The number of Topliss-reactive ketones (excluding diaryl/α,β-unsaturated/α-hetero) is 2. The molecule has 0 saturated carbocycles. The Hall–Kier alpha value is -1.95. The van der Waals surface area contributed by atoms with Gasteiger partial charge in [-0.3, -0.25) is 9.59 Å². The smallest absolute Gasteiger partial charge is 0.416 e. The van der Waals surface area contributed by atoms with Gasteiger partial charge in [0.05, 0.1) is 5.56 Å². The van der Waals surface area contributed by atoms with Crippen LogP contribution in [0, 0.1) is 0 Å². The molecule has 2 aromatic carbocycles. The maximum Gasteiger partial charge on any atom is 0.416 e. The highest BCUT2D eigenvalue weighted by Gasteiger charge is 2.30. The predicted molar refractivity (Wildman–Crippen MR) is 66.5 cm³/mol. The van der Waals surface area contributed by atoms with Crippen LogP contribution in [0.15, 0.2) is 54.6 Å². The number of ketones is 2. The maximum absolute atomic E-state index is 12.4. The number of rotatable bonds is 3. The minimum Gasteiger partial charge on any atom is -1.00 e. The van der Waals surface area contributed by atoms with Gasteiger partial charge in [-0.05, 0) is 12.1 Å². The van der Waals surface area contributed by atoms with Gasteiger partial charge in [0, 0.05) is 11.1 Å². The monoisotopic (exact) mass is 357 g/mol. The van der Waals surface area contributed by atoms with E-state index in [4.69, 9.17) is 0 Å². The molecule has 0 aromatic heterocycles. The second-order valence-corrected chi connectivity index (χ2v) is 4.10. The standard InChI is InChI=1S/C15H9F3O2.BrH/c16-15(17,18)12-8-6-11(7-9-12)14(20)13(19)10-4-2-1-3-5-10;/h1-9H;1H/p-1. The number of halogens is 4. The molecule has 0 unspecified atom stereocenters. The van der Waals surface area contributed by atoms with Crippen molar-refractivity contribution in [3.63, 3.8) is 0 Å². The fourth-order valence-electron chi connectivity index (χ4n) is 1.66. The Morgan fingerprint density at radius 2 is 1.14 bits per heavy atom. The molecule has 0 saturated heterocycles. The number of hydrogen-bond acceptors (Lipinski definition) is 2. The molecule has 110 valence electrons. The van der Waals surface area contributed by atoms with Crippen molar-refractivity contribution in [2.75, 3.05) is 0 Å². The van der Waals surface area contributed by atoms with Crippen LogP contribution in [0.25, 0.3) is 0 Å². The molecule has 0 aliphatic heterocycles. The summed E-state index contributed by atoms with van der Waals surface area (Å²) in [7, 11) is 0. The van der Waals surface area contributed by atoms with Crippen molar-refractivity contribution in [3.05, 3.63) is 71.3 Å². The molecule has 0 spiro atoms. The Morgan fingerprint density at radius 3 is 1.57 bits per heavy atom. The van der Waals surface area contributed by atoms with Crippen LogP contribution in [0.2, 0.25) is 0 Å². The lowest BCUT2D eigenvalue weighted by molar-refractivity contribution is -0.137. The first-order valence-corrected chi connectivity index (χ1v) is 5.71. The topological polar surface area (TPSA) is 34.1 Å². The Bertz CT molecular complexity index is 634. The molecule has 0 atom stereocenters. The third kappa shape index (κ3) is 4.01. The number of carbonyl (C=O) groups excluding carboxylic acids is 2. The van der Waals surface area contributed by atoms with Gasteiger partial charge in [0.25, 0.3) is 0 Å². The zero-order chi connectivity index (χ0) is 14.8. The van der Waals surface area contributed by atoms with Crippen molar-refractivity contribution in [1.82, 2.24) is 0 Å². The third-order valence-electron chi connectivity index (χ3n) is 2.72. The largest absolute Gasteiger partial charge is 1.00 e. The van der Waals surface area contributed by atoms with Crippen molar-refractivity contribution < 1.29 is 39.7 Å². The van der Waals surface area contributed by atoms with E-state index in [1.165, 1.54) is 12.1 Å². The molecule has 0 radical (unpaired) electrons. The molecular formula is C15H9BrF3O2-. The normalized spacial score (nSPS) is 10.6. The number of carbonyl (C=O) groups is 2. The Labute approximate surface area is 129 Å². The van der Waals surface area contributed by atoms with E-state index in [2.05, 4.69) is 0 Å². The second-order valence-electron chi connectivity index (χ2n) is 4.10. The van der Waals surface area contributed by atoms with E-state index in [1.807, 2.05) is 0 Å². The molecule has 0 fully saturated rings. The van der Waals surface area contributed by atoms with E-state index in [0.717, 1.165) is 24.3 Å². The highest BCUT2D eigenvalue weighted by molar-refractivity contribution is 6.49. The molecular weight excluding hydrogens is 349 g/mol. The number of alkyl halides is 3. The maximum atomic E-state index is 12.4. The van der Waals surface area contributed by atoms with Gasteiger partial charge in [0.1, 0.15) is 0 Å². The molecule has 6 heteroatoms. The second kappa shape index (κ2) is 6.67. The van der Waals surface area contributed by atoms with Crippen LogP contribution in [0.3, 0.4) is 0 Å². The molecule has 0 amide bonds. The van der Waals surface area contributed by atoms with E-state index in [1.54, 1.807) is 18.2 Å². The van der Waals surface area contributed by atoms with Crippen LogP contribution in [-0.4, -0.2) is 11.6 Å². The van der Waals surface area contributed by atoms with Crippen molar-refractivity contribution >= 4 is 11.6 Å². The van der Waals surface area contributed by atoms with Gasteiger partial charge in [0.2, 0.25) is 11.6 Å². The molecule has 0 aliphatic rings. The first-order chi connectivity index (χ1) is 9.39. The molecule has 2 aromatic rings.